The lowest BCUT2D eigenvalue weighted by atomic mass is 10.2. The van der Waals surface area contributed by atoms with Crippen LogP contribution >= 0.6 is 23.2 Å². The van der Waals surface area contributed by atoms with Crippen molar-refractivity contribution < 1.29 is 45.9 Å². The summed E-state index contributed by atoms with van der Waals surface area (Å²) in [6, 6.07) is 20.7. The van der Waals surface area contributed by atoms with Gasteiger partial charge in [0, 0.05) is 16.7 Å². The van der Waals surface area contributed by atoms with Crippen LogP contribution in [0.3, 0.4) is 0 Å². The maximum Gasteiger partial charge on any atom is 0.335 e. The second-order valence-corrected chi connectivity index (χ2v) is 15.4. The number of carboxylic acids is 1. The molecule has 0 atom stereocenters. The number of nitrogens with two attached hydrogens (primary N) is 3. The van der Waals surface area contributed by atoms with Gasteiger partial charge in [0.15, 0.2) is 5.84 Å². The summed E-state index contributed by atoms with van der Waals surface area (Å²) >= 11 is 12.2. The van der Waals surface area contributed by atoms with Crippen LogP contribution in [-0.4, -0.2) is 61.3 Å². The lowest BCUT2D eigenvalue weighted by molar-refractivity contribution is 0.0696. The molecule has 1 aromatic heterocycles. The van der Waals surface area contributed by atoms with Crippen molar-refractivity contribution >= 4 is 55.1 Å². The summed E-state index contributed by atoms with van der Waals surface area (Å²) in [5.41, 5.74) is 7.23. The maximum atomic E-state index is 11.3. The van der Waals surface area contributed by atoms with Gasteiger partial charge in [0.1, 0.15) is 11.5 Å². The average Bonchev–Trinajstić information content (AvgIpc) is 3.60. The molecule has 5 aromatic rings. The molecule has 0 aliphatic carbocycles. The van der Waals surface area contributed by atoms with Gasteiger partial charge in [-0.15, -0.1) is 0 Å². The molecule has 20 heteroatoms. The van der Waals surface area contributed by atoms with Gasteiger partial charge >= 0.3 is 5.97 Å². The van der Waals surface area contributed by atoms with Crippen molar-refractivity contribution in [3.05, 3.63) is 106 Å². The molecular weight excluding hydrogens is 787 g/mol. The summed E-state index contributed by atoms with van der Waals surface area (Å²) < 4.78 is 60.4. The van der Waals surface area contributed by atoms with E-state index in [2.05, 4.69) is 15.3 Å². The highest BCUT2D eigenvalue weighted by molar-refractivity contribution is 7.89. The summed E-state index contributed by atoms with van der Waals surface area (Å²) in [5, 5.41) is 34.6. The number of aromatic carboxylic acids is 1. The third-order valence-electron chi connectivity index (χ3n) is 6.54. The summed E-state index contributed by atoms with van der Waals surface area (Å²) in [5.74, 6) is 0.677. The number of benzene rings is 4. The molecule has 0 radical (unpaired) electrons. The quantitative estimate of drug-likeness (QED) is 0.0487. The summed E-state index contributed by atoms with van der Waals surface area (Å²) in [7, 11) is -7.49. The van der Waals surface area contributed by atoms with Crippen molar-refractivity contribution in [1.29, 1.82) is 0 Å². The molecular formula is C34H36Cl2N6O10S2. The van der Waals surface area contributed by atoms with Crippen LogP contribution < -0.4 is 25.5 Å². The Balaban J connectivity index is 0.000000238. The van der Waals surface area contributed by atoms with Crippen LogP contribution in [-0.2, 0) is 20.0 Å². The topological polar surface area (TPSA) is 274 Å². The van der Waals surface area contributed by atoms with E-state index in [1.54, 1.807) is 48.5 Å². The third kappa shape index (κ3) is 12.7. The normalized spacial score (nSPS) is 11.6. The minimum atomic E-state index is -3.75. The molecule has 54 heavy (non-hydrogen) atoms. The molecule has 288 valence electrons. The zero-order valence-electron chi connectivity index (χ0n) is 29.0. The van der Waals surface area contributed by atoms with Gasteiger partial charge < -0.3 is 30.0 Å². The smallest absolute Gasteiger partial charge is 0.335 e. The fourth-order valence-corrected chi connectivity index (χ4v) is 5.57. The highest BCUT2D eigenvalue weighted by Crippen LogP contribution is 2.31. The van der Waals surface area contributed by atoms with E-state index in [0.29, 0.717) is 44.1 Å². The van der Waals surface area contributed by atoms with Crippen molar-refractivity contribution in [2.45, 2.75) is 49.7 Å². The maximum absolute atomic E-state index is 11.3. The van der Waals surface area contributed by atoms with Crippen LogP contribution in [0.5, 0.6) is 11.5 Å². The Morgan fingerprint density at radius 1 is 0.741 bits per heavy atom. The molecule has 0 spiro atoms. The van der Waals surface area contributed by atoms with Crippen LogP contribution in [0.25, 0.3) is 22.8 Å². The van der Waals surface area contributed by atoms with Crippen molar-refractivity contribution in [3.8, 4) is 34.3 Å². The summed E-state index contributed by atoms with van der Waals surface area (Å²) in [6.07, 6.45) is 0.0626. The number of primary sulfonamides is 2. The predicted octanol–water partition coefficient (Wildman–Crippen LogP) is 5.75. The van der Waals surface area contributed by atoms with E-state index in [-0.39, 0.29) is 39.3 Å². The lowest BCUT2D eigenvalue weighted by Crippen LogP contribution is -2.13. The number of hydrogen-bond donors (Lipinski definition) is 5. The Kier molecular flexibility index (Phi) is 14.9. The van der Waals surface area contributed by atoms with Crippen molar-refractivity contribution in [2.24, 2.45) is 21.2 Å². The first kappa shape index (κ1) is 43.2. The average molecular weight is 824 g/mol. The molecule has 0 fully saturated rings. The highest BCUT2D eigenvalue weighted by Gasteiger charge is 2.15. The number of sulfonamides is 2. The van der Waals surface area contributed by atoms with E-state index in [1.165, 1.54) is 24.3 Å². The van der Waals surface area contributed by atoms with Gasteiger partial charge in [-0.1, -0.05) is 33.5 Å². The van der Waals surface area contributed by atoms with Gasteiger partial charge in [-0.2, -0.15) is 4.98 Å². The Hall–Kier alpha value is -5.24. The molecule has 0 aliphatic heterocycles. The minimum Gasteiger partial charge on any atom is -0.489 e. The molecule has 0 bridgehead atoms. The van der Waals surface area contributed by atoms with Crippen molar-refractivity contribution in [1.82, 2.24) is 10.1 Å². The zero-order chi connectivity index (χ0) is 40.4. The Morgan fingerprint density at radius 2 is 1.19 bits per heavy atom. The number of amidine groups is 1. The first-order chi connectivity index (χ1) is 25.2. The SMILES string of the molecule is CC(C)Oc1ccc(-c2noc(-c3ccc(S(N)(=O)=O)cc3)n2)cc1Cl.CC(C)Oc1ccc(/C(N)=N/O)cc1Cl.NS(=O)(=O)c1ccc(C(=O)O)cc1. The van der Waals surface area contributed by atoms with E-state index in [1.807, 2.05) is 27.7 Å². The number of carbonyl (C=O) groups is 1. The number of ether oxygens (including phenoxy) is 2. The van der Waals surface area contributed by atoms with Crippen LogP contribution in [0.2, 0.25) is 10.0 Å². The van der Waals surface area contributed by atoms with Crippen LogP contribution in [0.4, 0.5) is 0 Å². The number of rotatable bonds is 10. The largest absolute Gasteiger partial charge is 0.489 e. The Bertz CT molecular complexity index is 2320. The highest BCUT2D eigenvalue weighted by atomic mass is 35.5. The second kappa shape index (κ2) is 18.7. The number of carboxylic acid groups (broad SMARTS) is 1. The molecule has 0 aliphatic rings. The van der Waals surface area contributed by atoms with Gasteiger partial charge in [-0.05, 0) is 113 Å². The molecule has 0 saturated carbocycles. The first-order valence-electron chi connectivity index (χ1n) is 15.4. The van der Waals surface area contributed by atoms with Gasteiger partial charge in [-0.3, -0.25) is 0 Å². The first-order valence-corrected chi connectivity index (χ1v) is 19.3. The predicted molar refractivity (Wildman–Crippen MR) is 202 cm³/mol. The van der Waals surface area contributed by atoms with Crippen molar-refractivity contribution in [2.75, 3.05) is 0 Å². The third-order valence-corrected chi connectivity index (χ3v) is 8.99. The zero-order valence-corrected chi connectivity index (χ0v) is 32.2. The molecule has 1 heterocycles. The molecule has 4 aromatic carbocycles. The van der Waals surface area contributed by atoms with Crippen LogP contribution in [0.15, 0.2) is 104 Å². The Morgan fingerprint density at radius 3 is 1.61 bits per heavy atom. The van der Waals surface area contributed by atoms with Gasteiger partial charge in [0.25, 0.3) is 5.89 Å². The van der Waals surface area contributed by atoms with E-state index >= 15 is 0 Å². The molecule has 16 nitrogen and oxygen atoms in total. The molecule has 0 amide bonds. The molecule has 5 rings (SSSR count). The van der Waals surface area contributed by atoms with E-state index in [9.17, 15) is 21.6 Å². The summed E-state index contributed by atoms with van der Waals surface area (Å²) in [4.78, 5) is 14.6. The van der Waals surface area contributed by atoms with Crippen LogP contribution in [0.1, 0.15) is 43.6 Å². The second-order valence-electron chi connectivity index (χ2n) is 11.5. The van der Waals surface area contributed by atoms with E-state index < -0.39 is 26.0 Å². The number of oxime groups is 1. The summed E-state index contributed by atoms with van der Waals surface area (Å²) in [6.45, 7) is 7.65. The number of halogens is 2. The van der Waals surface area contributed by atoms with Crippen LogP contribution in [0, 0.1) is 0 Å². The number of aromatic nitrogens is 2. The van der Waals surface area contributed by atoms with Crippen molar-refractivity contribution in [3.63, 3.8) is 0 Å². The molecule has 0 unspecified atom stereocenters. The number of hydrogen-bond acceptors (Lipinski definition) is 12. The van der Waals surface area contributed by atoms with E-state index in [0.717, 1.165) is 12.1 Å². The fourth-order valence-electron chi connectivity index (χ4n) is 4.09. The van der Waals surface area contributed by atoms with E-state index in [4.69, 9.17) is 63.5 Å². The molecule has 8 N–H and O–H groups in total. The standard InChI is InChI=1S/C17H16ClN3O4S.C10H13ClN2O2.C7H7NO4S/c1-10(2)24-15-8-5-12(9-14(15)18)16-20-17(25-21-16)11-3-6-13(7-4-11)26(19,22)23;1-6(2)15-9-4-3-7(5-8(9)11)10(12)13-14;8-13(11,12)6-3-1-5(2-4-6)7(9)10/h3-10H,1-2H3,(H2,19,22,23);3-6,14H,1-2H3,(H2,12,13);1-4H,(H,9,10)(H2,8,11,12). The fraction of sp³-hybridized carbons (Fsp3) is 0.176. The lowest BCUT2D eigenvalue weighted by Gasteiger charge is -2.11. The minimum absolute atomic E-state index is 0.00788. The molecule has 0 saturated heterocycles. The Labute approximate surface area is 321 Å². The number of nitrogens with zero attached hydrogens (tertiary/aromatic N) is 3. The van der Waals surface area contributed by atoms with Gasteiger partial charge in [-0.25, -0.2) is 31.9 Å². The van der Waals surface area contributed by atoms with Gasteiger partial charge in [0.2, 0.25) is 25.9 Å². The monoisotopic (exact) mass is 822 g/mol. The van der Waals surface area contributed by atoms with Gasteiger partial charge in [0.05, 0.1) is 37.6 Å².